The van der Waals surface area contributed by atoms with Gasteiger partial charge in [-0.15, -0.1) is 0 Å². The van der Waals surface area contributed by atoms with E-state index in [4.69, 9.17) is 4.74 Å². The summed E-state index contributed by atoms with van der Waals surface area (Å²) in [6, 6.07) is 7.71. The summed E-state index contributed by atoms with van der Waals surface area (Å²) in [5.41, 5.74) is 1.68. The number of piperidine rings is 2. The molecule has 176 valence electrons. The first kappa shape index (κ1) is 24.1. The van der Waals surface area contributed by atoms with E-state index >= 15 is 0 Å². The molecule has 2 heterocycles. The van der Waals surface area contributed by atoms with E-state index in [0.717, 1.165) is 24.8 Å². The quantitative estimate of drug-likeness (QED) is 0.754. The number of hydrogen-bond acceptors (Lipinski definition) is 4. The highest BCUT2D eigenvalue weighted by molar-refractivity contribution is 5.89. The lowest BCUT2D eigenvalue weighted by molar-refractivity contribution is -0.150. The number of alkyl carbamates (subject to hydrolysis) is 1. The maximum absolute atomic E-state index is 13.4. The fourth-order valence-electron chi connectivity index (χ4n) is 4.45. The zero-order chi connectivity index (χ0) is 23.3. The molecule has 7 nitrogen and oxygen atoms in total. The highest BCUT2D eigenvalue weighted by atomic mass is 16.6. The molecule has 3 amide bonds. The third kappa shape index (κ3) is 6.71. The first-order valence-corrected chi connectivity index (χ1v) is 11.7. The molecular formula is C25H37N3O4. The van der Waals surface area contributed by atoms with Crippen molar-refractivity contribution in [3.63, 3.8) is 0 Å². The number of ether oxygens (including phenoxy) is 1. The van der Waals surface area contributed by atoms with Crippen molar-refractivity contribution in [2.24, 2.45) is 5.92 Å². The predicted octanol–water partition coefficient (Wildman–Crippen LogP) is 3.64. The predicted molar refractivity (Wildman–Crippen MR) is 123 cm³/mol. The number of hydrogen-bond donors (Lipinski definition) is 1. The van der Waals surface area contributed by atoms with Gasteiger partial charge in [0.2, 0.25) is 11.8 Å². The van der Waals surface area contributed by atoms with E-state index in [1.807, 2.05) is 56.9 Å². The normalized spacial score (nSPS) is 21.9. The van der Waals surface area contributed by atoms with E-state index in [1.54, 1.807) is 4.90 Å². The molecule has 0 bridgehead atoms. The van der Waals surface area contributed by atoms with Crippen LogP contribution in [-0.2, 0) is 20.9 Å². The van der Waals surface area contributed by atoms with Crippen molar-refractivity contribution >= 4 is 17.9 Å². The van der Waals surface area contributed by atoms with Crippen LogP contribution in [0.4, 0.5) is 4.79 Å². The van der Waals surface area contributed by atoms with E-state index in [9.17, 15) is 14.4 Å². The van der Waals surface area contributed by atoms with Gasteiger partial charge in [-0.2, -0.15) is 0 Å². The molecule has 1 aromatic rings. The summed E-state index contributed by atoms with van der Waals surface area (Å²) in [4.78, 5) is 41.8. The Kier molecular flexibility index (Phi) is 7.80. The third-order valence-electron chi connectivity index (χ3n) is 6.09. The Balaban J connectivity index is 1.60. The van der Waals surface area contributed by atoms with Crippen LogP contribution in [0.25, 0.3) is 0 Å². The lowest BCUT2D eigenvalue weighted by Gasteiger charge is -2.40. The monoisotopic (exact) mass is 443 g/mol. The average molecular weight is 444 g/mol. The SMILES string of the molecule is Cc1ccc(CN2C(=O)CCC[C@H]2C(=O)N2CCC[C@H](CNC(=O)OC(C)(C)C)C2)cc1. The molecule has 0 spiro atoms. The maximum Gasteiger partial charge on any atom is 0.407 e. The molecule has 0 radical (unpaired) electrons. The Morgan fingerprint density at radius 3 is 2.53 bits per heavy atom. The van der Waals surface area contributed by atoms with Crippen molar-refractivity contribution in [2.75, 3.05) is 19.6 Å². The second-order valence-corrected chi connectivity index (χ2v) is 10.1. The number of rotatable bonds is 5. The van der Waals surface area contributed by atoms with Gasteiger partial charge in [0.25, 0.3) is 0 Å². The standard InChI is InChI=1S/C25H37N3O4/c1-18-10-12-19(13-11-18)17-28-21(8-5-9-22(28)29)23(30)27-14-6-7-20(16-27)15-26-24(31)32-25(2,3)4/h10-13,20-21H,5-9,14-17H2,1-4H3,(H,26,31)/t20-,21+/m1/s1. The summed E-state index contributed by atoms with van der Waals surface area (Å²) in [7, 11) is 0. The summed E-state index contributed by atoms with van der Waals surface area (Å²) < 4.78 is 5.31. The minimum absolute atomic E-state index is 0.0344. The van der Waals surface area contributed by atoms with Gasteiger partial charge in [-0.25, -0.2) is 4.79 Å². The molecule has 2 atom stereocenters. The van der Waals surface area contributed by atoms with Crippen molar-refractivity contribution in [3.05, 3.63) is 35.4 Å². The molecule has 0 unspecified atom stereocenters. The minimum Gasteiger partial charge on any atom is -0.444 e. The number of nitrogens with one attached hydrogen (secondary N) is 1. The van der Waals surface area contributed by atoms with Crippen molar-refractivity contribution in [2.45, 2.75) is 78.0 Å². The second kappa shape index (κ2) is 10.4. The van der Waals surface area contributed by atoms with Gasteiger partial charge in [0.15, 0.2) is 0 Å². The third-order valence-corrected chi connectivity index (χ3v) is 6.09. The molecule has 2 saturated heterocycles. The van der Waals surface area contributed by atoms with Crippen LogP contribution < -0.4 is 5.32 Å². The molecule has 1 N–H and O–H groups in total. The van der Waals surface area contributed by atoms with Crippen LogP contribution in [0.2, 0.25) is 0 Å². The Bertz CT molecular complexity index is 815. The topological polar surface area (TPSA) is 79.0 Å². The van der Waals surface area contributed by atoms with Gasteiger partial charge >= 0.3 is 6.09 Å². The molecule has 2 fully saturated rings. The Hall–Kier alpha value is -2.57. The molecule has 0 aromatic heterocycles. The molecule has 1 aromatic carbocycles. The molecule has 3 rings (SSSR count). The van der Waals surface area contributed by atoms with Crippen molar-refractivity contribution in [1.29, 1.82) is 0 Å². The second-order valence-electron chi connectivity index (χ2n) is 10.1. The van der Waals surface area contributed by atoms with Crippen LogP contribution >= 0.6 is 0 Å². The number of likely N-dealkylation sites (tertiary alicyclic amines) is 2. The van der Waals surface area contributed by atoms with Crippen LogP contribution in [0.3, 0.4) is 0 Å². The van der Waals surface area contributed by atoms with Gasteiger partial charge in [-0.1, -0.05) is 29.8 Å². The fraction of sp³-hybridized carbons (Fsp3) is 0.640. The van der Waals surface area contributed by atoms with E-state index < -0.39 is 17.7 Å². The van der Waals surface area contributed by atoms with Crippen LogP contribution in [0.15, 0.2) is 24.3 Å². The number of carbonyl (C=O) groups is 3. The summed E-state index contributed by atoms with van der Waals surface area (Å²) in [5.74, 6) is 0.271. The lowest BCUT2D eigenvalue weighted by atomic mass is 9.94. The Labute approximate surface area is 191 Å². The van der Waals surface area contributed by atoms with E-state index in [2.05, 4.69) is 5.32 Å². The molecule has 2 aliphatic rings. The zero-order valence-corrected chi connectivity index (χ0v) is 19.9. The smallest absolute Gasteiger partial charge is 0.407 e. The number of amides is 3. The number of benzene rings is 1. The van der Waals surface area contributed by atoms with Crippen LogP contribution in [0, 0.1) is 12.8 Å². The van der Waals surface area contributed by atoms with Crippen LogP contribution in [0.5, 0.6) is 0 Å². The molecule has 32 heavy (non-hydrogen) atoms. The van der Waals surface area contributed by atoms with E-state index in [-0.39, 0.29) is 17.7 Å². The first-order chi connectivity index (χ1) is 15.1. The Morgan fingerprint density at radius 2 is 1.84 bits per heavy atom. The molecular weight excluding hydrogens is 406 g/mol. The van der Waals surface area contributed by atoms with Crippen molar-refractivity contribution in [1.82, 2.24) is 15.1 Å². The molecule has 0 saturated carbocycles. The highest BCUT2D eigenvalue weighted by Gasteiger charge is 2.37. The largest absolute Gasteiger partial charge is 0.444 e. The summed E-state index contributed by atoms with van der Waals surface area (Å²) in [6.45, 7) is 9.78. The van der Waals surface area contributed by atoms with Gasteiger partial charge in [-0.3, -0.25) is 9.59 Å². The van der Waals surface area contributed by atoms with Crippen molar-refractivity contribution in [3.8, 4) is 0 Å². The Morgan fingerprint density at radius 1 is 1.12 bits per heavy atom. The highest BCUT2D eigenvalue weighted by Crippen LogP contribution is 2.25. The van der Waals surface area contributed by atoms with Gasteiger partial charge in [0, 0.05) is 32.6 Å². The molecule has 0 aliphatic carbocycles. The molecule has 2 aliphatic heterocycles. The summed E-state index contributed by atoms with van der Waals surface area (Å²) >= 11 is 0. The lowest BCUT2D eigenvalue weighted by Crippen LogP contribution is -2.55. The average Bonchev–Trinajstić information content (AvgIpc) is 2.74. The zero-order valence-electron chi connectivity index (χ0n) is 19.9. The van der Waals surface area contributed by atoms with E-state index in [0.29, 0.717) is 39.0 Å². The van der Waals surface area contributed by atoms with Crippen LogP contribution in [-0.4, -0.2) is 59.0 Å². The molecule has 7 heteroatoms. The van der Waals surface area contributed by atoms with Gasteiger partial charge in [0.05, 0.1) is 0 Å². The van der Waals surface area contributed by atoms with Gasteiger partial charge in [-0.05, 0) is 64.9 Å². The number of nitrogens with zero attached hydrogens (tertiary/aromatic N) is 2. The minimum atomic E-state index is -0.535. The number of carbonyl (C=O) groups excluding carboxylic acids is 3. The van der Waals surface area contributed by atoms with E-state index in [1.165, 1.54) is 5.56 Å². The van der Waals surface area contributed by atoms with Gasteiger partial charge < -0.3 is 19.9 Å². The van der Waals surface area contributed by atoms with Crippen LogP contribution in [0.1, 0.15) is 64.0 Å². The summed E-state index contributed by atoms with van der Waals surface area (Å²) in [6.07, 6.45) is 3.37. The van der Waals surface area contributed by atoms with Crippen molar-refractivity contribution < 1.29 is 19.1 Å². The fourth-order valence-corrected chi connectivity index (χ4v) is 4.45. The maximum atomic E-state index is 13.4. The first-order valence-electron chi connectivity index (χ1n) is 11.7. The van der Waals surface area contributed by atoms with Gasteiger partial charge in [0.1, 0.15) is 11.6 Å². The summed E-state index contributed by atoms with van der Waals surface area (Å²) in [5, 5.41) is 2.84. The number of aryl methyl sites for hydroxylation is 1.